The van der Waals surface area contributed by atoms with Crippen LogP contribution in [0, 0.1) is 17.5 Å². The second kappa shape index (κ2) is 7.28. The van der Waals surface area contributed by atoms with Gasteiger partial charge >= 0.3 is 0 Å². The average molecular weight is 352 g/mol. The van der Waals surface area contributed by atoms with Crippen molar-refractivity contribution in [3.63, 3.8) is 0 Å². The van der Waals surface area contributed by atoms with Gasteiger partial charge in [0.1, 0.15) is 0 Å². The maximum atomic E-state index is 13.4. The summed E-state index contributed by atoms with van der Waals surface area (Å²) in [5.41, 5.74) is -0.575. The fraction of sp³-hybridized carbons (Fsp3) is 0.462. The Morgan fingerprint density at radius 2 is 2.00 bits per heavy atom. The van der Waals surface area contributed by atoms with Crippen LogP contribution < -0.4 is 10.0 Å². The Morgan fingerprint density at radius 3 is 2.65 bits per heavy atom. The predicted octanol–water partition coefficient (Wildman–Crippen LogP) is 1.14. The van der Waals surface area contributed by atoms with E-state index in [1.807, 2.05) is 5.32 Å². The summed E-state index contributed by atoms with van der Waals surface area (Å²) < 4.78 is 70.3. The van der Waals surface area contributed by atoms with E-state index in [2.05, 4.69) is 4.72 Å². The van der Waals surface area contributed by atoms with Crippen LogP contribution in [0.4, 0.5) is 18.9 Å². The first-order valence-corrected chi connectivity index (χ1v) is 8.35. The second-order valence-electron chi connectivity index (χ2n) is 4.98. The smallest absolute Gasteiger partial charge is 0.239 e. The van der Waals surface area contributed by atoms with Crippen molar-refractivity contribution in [2.24, 2.45) is 0 Å². The normalized spacial score (nSPS) is 18.7. The molecule has 10 heteroatoms. The van der Waals surface area contributed by atoms with Crippen molar-refractivity contribution in [3.05, 3.63) is 29.6 Å². The molecule has 2 N–H and O–H groups in total. The number of hydrogen-bond acceptors (Lipinski definition) is 4. The molecule has 0 spiro atoms. The highest BCUT2D eigenvalue weighted by atomic mass is 32.2. The fourth-order valence-corrected chi connectivity index (χ4v) is 3.38. The Labute approximate surface area is 131 Å². The molecule has 1 saturated heterocycles. The van der Waals surface area contributed by atoms with Gasteiger partial charge in [0.25, 0.3) is 0 Å². The molecule has 1 aromatic carbocycles. The first-order chi connectivity index (χ1) is 10.8. The summed E-state index contributed by atoms with van der Waals surface area (Å²) in [7, 11) is -3.76. The molecule has 0 bridgehead atoms. The Hall–Kier alpha value is -1.65. The highest BCUT2D eigenvalue weighted by Crippen LogP contribution is 2.19. The van der Waals surface area contributed by atoms with E-state index in [1.54, 1.807) is 0 Å². The number of sulfonamides is 1. The number of anilines is 1. The largest absolute Gasteiger partial charge is 0.380 e. The molecule has 1 fully saturated rings. The zero-order chi connectivity index (χ0) is 17.0. The minimum Gasteiger partial charge on any atom is -0.380 e. The lowest BCUT2D eigenvalue weighted by molar-refractivity contribution is -0.115. The minimum atomic E-state index is -3.76. The summed E-state index contributed by atoms with van der Waals surface area (Å²) in [6.45, 7) is -0.131. The molecule has 0 aliphatic carbocycles. The quantitative estimate of drug-likeness (QED) is 0.779. The number of nitrogens with one attached hydrogen (secondary N) is 2. The summed E-state index contributed by atoms with van der Waals surface area (Å²) in [6, 6.07) is 1.49. The molecular weight excluding hydrogens is 337 g/mol. The van der Waals surface area contributed by atoms with E-state index in [0.717, 1.165) is 6.07 Å². The van der Waals surface area contributed by atoms with Crippen molar-refractivity contribution in [1.82, 2.24) is 4.72 Å². The number of hydrogen-bond donors (Lipinski definition) is 2. The van der Waals surface area contributed by atoms with Crippen LogP contribution in [0.25, 0.3) is 0 Å². The molecule has 1 atom stereocenters. The first kappa shape index (κ1) is 17.7. The van der Waals surface area contributed by atoms with Crippen LogP contribution in [0.5, 0.6) is 0 Å². The lowest BCUT2D eigenvalue weighted by atomic mass is 10.2. The van der Waals surface area contributed by atoms with E-state index in [9.17, 15) is 26.4 Å². The summed E-state index contributed by atoms with van der Waals surface area (Å²) >= 11 is 0. The van der Waals surface area contributed by atoms with Crippen LogP contribution in [-0.2, 0) is 19.6 Å². The molecule has 1 heterocycles. The van der Waals surface area contributed by atoms with E-state index in [-0.39, 0.29) is 6.61 Å². The number of ether oxygens (including phenoxy) is 1. The highest BCUT2D eigenvalue weighted by molar-refractivity contribution is 7.90. The topological polar surface area (TPSA) is 84.5 Å². The monoisotopic (exact) mass is 352 g/mol. The Balaban J connectivity index is 1.94. The lowest BCUT2D eigenvalue weighted by Crippen LogP contribution is -2.42. The van der Waals surface area contributed by atoms with Crippen molar-refractivity contribution < 1.29 is 31.1 Å². The molecule has 1 aromatic rings. The molecule has 128 valence electrons. The predicted molar refractivity (Wildman–Crippen MR) is 75.7 cm³/mol. The van der Waals surface area contributed by atoms with E-state index < -0.39 is 50.9 Å². The third-order valence-electron chi connectivity index (χ3n) is 3.30. The number of carbonyl (C=O) groups excluding carboxylic acids is 1. The van der Waals surface area contributed by atoms with Gasteiger partial charge in [0.2, 0.25) is 15.9 Å². The Morgan fingerprint density at radius 1 is 1.26 bits per heavy atom. The maximum absolute atomic E-state index is 13.4. The maximum Gasteiger partial charge on any atom is 0.239 e. The number of rotatable bonds is 5. The van der Waals surface area contributed by atoms with Gasteiger partial charge < -0.3 is 10.1 Å². The highest BCUT2D eigenvalue weighted by Gasteiger charge is 2.28. The molecule has 1 amide bonds. The molecule has 0 aromatic heterocycles. The van der Waals surface area contributed by atoms with Gasteiger partial charge in [0.05, 0.1) is 24.1 Å². The van der Waals surface area contributed by atoms with E-state index >= 15 is 0 Å². The number of benzene rings is 1. The summed E-state index contributed by atoms with van der Waals surface area (Å²) in [5, 5.41) is 1.21. The average Bonchev–Trinajstić information content (AvgIpc) is 2.54. The summed E-state index contributed by atoms with van der Waals surface area (Å²) in [6.07, 6.45) is 1.01. The molecule has 0 radical (unpaired) electrons. The van der Waals surface area contributed by atoms with Crippen LogP contribution in [0.2, 0.25) is 0 Å². The molecule has 6 nitrogen and oxygen atoms in total. The Kier molecular flexibility index (Phi) is 5.60. The number of amides is 1. The Bertz CT molecular complexity index is 691. The molecule has 1 aliphatic heterocycles. The van der Waals surface area contributed by atoms with Gasteiger partial charge in [-0.2, -0.15) is 0 Å². The van der Waals surface area contributed by atoms with Gasteiger partial charge in [-0.05, 0) is 25.0 Å². The van der Waals surface area contributed by atoms with Crippen molar-refractivity contribution in [3.8, 4) is 0 Å². The van der Waals surface area contributed by atoms with Crippen LogP contribution >= 0.6 is 0 Å². The van der Waals surface area contributed by atoms with Gasteiger partial charge in [-0.15, -0.1) is 0 Å². The molecule has 1 aliphatic rings. The van der Waals surface area contributed by atoms with Crippen LogP contribution in [0.1, 0.15) is 12.8 Å². The van der Waals surface area contributed by atoms with Crippen molar-refractivity contribution in [1.29, 1.82) is 0 Å². The summed E-state index contributed by atoms with van der Waals surface area (Å²) in [4.78, 5) is 11.6. The summed E-state index contributed by atoms with van der Waals surface area (Å²) in [5.74, 6) is -5.57. The standard InChI is InChI=1S/C13H15F3N2O4S/c14-9-3-4-10(13(16)12(9)15)18-11(19)6-17-23(20,21)8-2-1-5-22-7-8/h3-4,8,17H,1-2,5-7H2,(H,18,19)/t8-/m1/s1. The SMILES string of the molecule is O=C(CNS(=O)(=O)[C@@H]1CCCOC1)Nc1ccc(F)c(F)c1F. The van der Waals surface area contributed by atoms with E-state index in [4.69, 9.17) is 4.74 Å². The van der Waals surface area contributed by atoms with Crippen LogP contribution in [0.15, 0.2) is 12.1 Å². The number of halogens is 3. The fourth-order valence-electron chi connectivity index (χ4n) is 2.06. The minimum absolute atomic E-state index is 0.0365. The van der Waals surface area contributed by atoms with Gasteiger partial charge in [0, 0.05) is 6.61 Å². The molecule has 0 unspecified atom stereocenters. The van der Waals surface area contributed by atoms with Gasteiger partial charge in [-0.3, -0.25) is 4.79 Å². The molecule has 0 saturated carbocycles. The lowest BCUT2D eigenvalue weighted by Gasteiger charge is -2.22. The first-order valence-electron chi connectivity index (χ1n) is 6.81. The van der Waals surface area contributed by atoms with Crippen molar-refractivity contribution in [2.45, 2.75) is 18.1 Å². The van der Waals surface area contributed by atoms with Gasteiger partial charge in [-0.1, -0.05) is 0 Å². The van der Waals surface area contributed by atoms with Gasteiger partial charge in [0.15, 0.2) is 17.5 Å². The zero-order valence-corrected chi connectivity index (χ0v) is 12.8. The third kappa shape index (κ3) is 4.43. The van der Waals surface area contributed by atoms with Gasteiger partial charge in [-0.25, -0.2) is 26.3 Å². The molecule has 23 heavy (non-hydrogen) atoms. The van der Waals surface area contributed by atoms with Crippen molar-refractivity contribution in [2.75, 3.05) is 25.1 Å². The third-order valence-corrected chi connectivity index (χ3v) is 5.10. The van der Waals surface area contributed by atoms with Crippen LogP contribution in [0.3, 0.4) is 0 Å². The number of carbonyl (C=O) groups is 1. The van der Waals surface area contributed by atoms with Crippen molar-refractivity contribution >= 4 is 21.6 Å². The second-order valence-corrected chi connectivity index (χ2v) is 7.02. The zero-order valence-electron chi connectivity index (χ0n) is 11.9. The van der Waals surface area contributed by atoms with Crippen LogP contribution in [-0.4, -0.2) is 39.3 Å². The van der Waals surface area contributed by atoms with E-state index in [1.165, 1.54) is 0 Å². The van der Waals surface area contributed by atoms with E-state index in [0.29, 0.717) is 25.5 Å². The molecule has 2 rings (SSSR count). The molecular formula is C13H15F3N2O4S.